The molecule has 0 aromatic carbocycles. The average molecular weight is 183 g/mol. The van der Waals surface area contributed by atoms with Gasteiger partial charge in [0.1, 0.15) is 0 Å². The van der Waals surface area contributed by atoms with E-state index in [2.05, 4.69) is 5.32 Å². The van der Waals surface area contributed by atoms with Crippen LogP contribution in [0.3, 0.4) is 0 Å². The highest BCUT2D eigenvalue weighted by atomic mass is 19.4. The lowest BCUT2D eigenvalue weighted by atomic mass is 10.1. The van der Waals surface area contributed by atoms with Crippen molar-refractivity contribution < 1.29 is 18.3 Å². The molecular weight excluding hydrogens is 171 g/mol. The highest BCUT2D eigenvalue weighted by molar-refractivity contribution is 4.84. The second-order valence-corrected chi connectivity index (χ2v) is 3.14. The number of hydrogen-bond donors (Lipinski definition) is 2. The number of rotatable bonds is 2. The van der Waals surface area contributed by atoms with E-state index in [1.807, 2.05) is 0 Å². The Hall–Kier alpha value is -0.290. The molecule has 0 aliphatic carbocycles. The van der Waals surface area contributed by atoms with Crippen LogP contribution in [-0.4, -0.2) is 30.0 Å². The summed E-state index contributed by atoms with van der Waals surface area (Å²) in [7, 11) is 0. The molecule has 0 saturated carbocycles. The monoisotopic (exact) mass is 183 g/mol. The summed E-state index contributed by atoms with van der Waals surface area (Å²) in [4.78, 5) is 0. The molecule has 1 heterocycles. The molecular formula is C7H12F3NO. The third kappa shape index (κ3) is 2.98. The molecule has 1 saturated heterocycles. The van der Waals surface area contributed by atoms with Gasteiger partial charge in [-0.05, 0) is 12.8 Å². The average Bonchev–Trinajstić information content (AvgIpc) is 2.32. The van der Waals surface area contributed by atoms with Crippen molar-refractivity contribution in [2.45, 2.75) is 37.5 Å². The summed E-state index contributed by atoms with van der Waals surface area (Å²) in [6.45, 7) is -0.0750. The van der Waals surface area contributed by atoms with Crippen molar-refractivity contribution in [1.82, 2.24) is 5.32 Å². The lowest BCUT2D eigenvalue weighted by Crippen LogP contribution is -2.34. The molecule has 1 fully saturated rings. The largest absolute Gasteiger partial charge is 0.395 e. The summed E-state index contributed by atoms with van der Waals surface area (Å²) in [5.74, 6) is 0. The van der Waals surface area contributed by atoms with Crippen LogP contribution in [0.15, 0.2) is 0 Å². The number of hydrogen-bond acceptors (Lipinski definition) is 2. The summed E-state index contributed by atoms with van der Waals surface area (Å²) in [5, 5.41) is 11.4. The number of nitrogens with one attached hydrogen (secondary N) is 1. The Bertz CT molecular complexity index is 148. The zero-order chi connectivity index (χ0) is 9.19. The molecule has 0 radical (unpaired) electrons. The summed E-state index contributed by atoms with van der Waals surface area (Å²) in [6, 6.07) is -0.639. The fourth-order valence-electron chi connectivity index (χ4n) is 1.49. The third-order valence-corrected chi connectivity index (χ3v) is 2.03. The van der Waals surface area contributed by atoms with E-state index >= 15 is 0 Å². The van der Waals surface area contributed by atoms with E-state index < -0.39 is 18.6 Å². The first kappa shape index (κ1) is 9.80. The predicted octanol–water partition coefficient (Wildman–Crippen LogP) is 1.05. The first-order valence-electron chi connectivity index (χ1n) is 3.95. The second kappa shape index (κ2) is 3.62. The number of aliphatic hydroxyl groups excluding tert-OH is 1. The molecule has 2 N–H and O–H groups in total. The van der Waals surface area contributed by atoms with Crippen LogP contribution in [-0.2, 0) is 0 Å². The molecule has 5 heteroatoms. The Morgan fingerprint density at radius 3 is 2.25 bits per heavy atom. The minimum absolute atomic E-state index is 0.0750. The van der Waals surface area contributed by atoms with Gasteiger partial charge in [-0.15, -0.1) is 0 Å². The van der Waals surface area contributed by atoms with Crippen molar-refractivity contribution in [3.63, 3.8) is 0 Å². The smallest absolute Gasteiger partial charge is 0.390 e. The first-order chi connectivity index (χ1) is 5.51. The van der Waals surface area contributed by atoms with Crippen molar-refractivity contribution in [2.24, 2.45) is 0 Å². The van der Waals surface area contributed by atoms with Gasteiger partial charge in [-0.2, -0.15) is 13.2 Å². The molecule has 1 aliphatic rings. The van der Waals surface area contributed by atoms with Crippen LogP contribution in [0, 0.1) is 0 Å². The molecule has 0 aromatic rings. The Balaban J connectivity index is 2.28. The van der Waals surface area contributed by atoms with E-state index in [-0.39, 0.29) is 12.6 Å². The highest BCUT2D eigenvalue weighted by Gasteiger charge is 2.35. The Labute approximate surface area is 68.8 Å². The SMILES string of the molecule is OCC1CCC(CC(F)(F)F)N1. The fraction of sp³-hybridized carbons (Fsp3) is 1.00. The van der Waals surface area contributed by atoms with Crippen LogP contribution >= 0.6 is 0 Å². The molecule has 0 spiro atoms. The van der Waals surface area contributed by atoms with Gasteiger partial charge in [0.25, 0.3) is 0 Å². The lowest BCUT2D eigenvalue weighted by molar-refractivity contribution is -0.139. The topological polar surface area (TPSA) is 32.3 Å². The van der Waals surface area contributed by atoms with Crippen LogP contribution in [0.2, 0.25) is 0 Å². The summed E-state index contributed by atoms with van der Waals surface area (Å²) < 4.78 is 35.5. The minimum atomic E-state index is -4.10. The van der Waals surface area contributed by atoms with Crippen molar-refractivity contribution in [3.8, 4) is 0 Å². The maximum absolute atomic E-state index is 11.8. The van der Waals surface area contributed by atoms with Gasteiger partial charge in [0, 0.05) is 12.1 Å². The van der Waals surface area contributed by atoms with Crippen molar-refractivity contribution >= 4 is 0 Å². The molecule has 72 valence electrons. The van der Waals surface area contributed by atoms with E-state index in [4.69, 9.17) is 5.11 Å². The fourth-order valence-corrected chi connectivity index (χ4v) is 1.49. The molecule has 2 unspecified atom stereocenters. The Morgan fingerprint density at radius 2 is 1.83 bits per heavy atom. The predicted molar refractivity (Wildman–Crippen MR) is 37.7 cm³/mol. The maximum Gasteiger partial charge on any atom is 0.390 e. The lowest BCUT2D eigenvalue weighted by Gasteiger charge is -2.14. The van der Waals surface area contributed by atoms with E-state index in [0.717, 1.165) is 0 Å². The van der Waals surface area contributed by atoms with Gasteiger partial charge >= 0.3 is 6.18 Å². The quantitative estimate of drug-likeness (QED) is 0.670. The zero-order valence-electron chi connectivity index (χ0n) is 6.56. The van der Waals surface area contributed by atoms with Crippen LogP contribution in [0.25, 0.3) is 0 Å². The molecule has 0 amide bonds. The molecule has 1 aliphatic heterocycles. The standard InChI is InChI=1S/C7H12F3NO/c8-7(9,10)3-5-1-2-6(4-12)11-5/h5-6,11-12H,1-4H2. The van der Waals surface area contributed by atoms with Crippen LogP contribution in [0.5, 0.6) is 0 Å². The molecule has 2 nitrogen and oxygen atoms in total. The number of aliphatic hydroxyl groups is 1. The summed E-state index contributed by atoms with van der Waals surface area (Å²) in [5.41, 5.74) is 0. The maximum atomic E-state index is 11.8. The van der Waals surface area contributed by atoms with Crippen LogP contribution in [0.4, 0.5) is 13.2 Å². The molecule has 1 rings (SSSR count). The van der Waals surface area contributed by atoms with Crippen LogP contribution < -0.4 is 5.32 Å². The summed E-state index contributed by atoms with van der Waals surface area (Å²) in [6.07, 6.45) is -3.74. The van der Waals surface area contributed by atoms with Gasteiger partial charge in [0.05, 0.1) is 13.0 Å². The van der Waals surface area contributed by atoms with E-state index in [9.17, 15) is 13.2 Å². The van der Waals surface area contributed by atoms with Gasteiger partial charge in [-0.25, -0.2) is 0 Å². The van der Waals surface area contributed by atoms with E-state index in [1.54, 1.807) is 0 Å². The minimum Gasteiger partial charge on any atom is -0.395 e. The number of halogens is 3. The molecule has 12 heavy (non-hydrogen) atoms. The zero-order valence-corrected chi connectivity index (χ0v) is 6.56. The van der Waals surface area contributed by atoms with Crippen molar-refractivity contribution in [3.05, 3.63) is 0 Å². The van der Waals surface area contributed by atoms with Gasteiger partial charge in [-0.3, -0.25) is 0 Å². The van der Waals surface area contributed by atoms with Crippen LogP contribution in [0.1, 0.15) is 19.3 Å². The highest BCUT2D eigenvalue weighted by Crippen LogP contribution is 2.26. The Kier molecular flexibility index (Phi) is 2.95. The van der Waals surface area contributed by atoms with Gasteiger partial charge in [0.15, 0.2) is 0 Å². The van der Waals surface area contributed by atoms with E-state index in [1.165, 1.54) is 0 Å². The molecule has 2 atom stereocenters. The number of alkyl halides is 3. The second-order valence-electron chi connectivity index (χ2n) is 3.14. The van der Waals surface area contributed by atoms with Gasteiger partial charge < -0.3 is 10.4 Å². The normalized spacial score (nSPS) is 31.0. The Morgan fingerprint density at radius 1 is 1.25 bits per heavy atom. The van der Waals surface area contributed by atoms with Crippen molar-refractivity contribution in [2.75, 3.05) is 6.61 Å². The third-order valence-electron chi connectivity index (χ3n) is 2.03. The van der Waals surface area contributed by atoms with Crippen molar-refractivity contribution in [1.29, 1.82) is 0 Å². The summed E-state index contributed by atoms with van der Waals surface area (Å²) >= 11 is 0. The molecule has 0 bridgehead atoms. The first-order valence-corrected chi connectivity index (χ1v) is 3.95. The van der Waals surface area contributed by atoms with Gasteiger partial charge in [-0.1, -0.05) is 0 Å². The molecule has 0 aromatic heterocycles. The van der Waals surface area contributed by atoms with Gasteiger partial charge in [0.2, 0.25) is 0 Å². The van der Waals surface area contributed by atoms with E-state index in [0.29, 0.717) is 12.8 Å².